The summed E-state index contributed by atoms with van der Waals surface area (Å²) in [7, 11) is -2.12. The van der Waals surface area contributed by atoms with Crippen LogP contribution in [0.25, 0.3) is 0 Å². The maximum atomic E-state index is 15.3. The Bertz CT molecular complexity index is 1600. The molecule has 1 heterocycles. The monoisotopic (exact) mass is 577 g/mol. The van der Waals surface area contributed by atoms with Crippen LogP contribution in [-0.2, 0) is 16.6 Å². The summed E-state index contributed by atoms with van der Waals surface area (Å²) in [5, 5.41) is 2.45. The van der Waals surface area contributed by atoms with E-state index in [0.717, 1.165) is 24.5 Å². The second-order valence-electron chi connectivity index (χ2n) is 8.31. The average molecular weight is 578 g/mol. The number of nitrogens with two attached hydrogens (primary N) is 1. The zero-order valence-corrected chi connectivity index (χ0v) is 21.9. The molecule has 40 heavy (non-hydrogen) atoms. The van der Waals surface area contributed by atoms with Crippen molar-refractivity contribution in [1.82, 2.24) is 9.97 Å². The molecule has 0 radical (unpaired) electrons. The first-order valence-corrected chi connectivity index (χ1v) is 12.9. The number of hydrogen-bond acceptors (Lipinski definition) is 8. The van der Waals surface area contributed by atoms with Gasteiger partial charge < -0.3 is 20.5 Å². The molecule has 0 amide bonds. The van der Waals surface area contributed by atoms with E-state index in [1.54, 1.807) is 6.07 Å². The second-order valence-corrected chi connectivity index (χ2v) is 10.1. The molecule has 3 aromatic carbocycles. The third-order valence-corrected chi connectivity index (χ3v) is 7.59. The lowest BCUT2D eigenvalue weighted by molar-refractivity contribution is 0.391. The van der Waals surface area contributed by atoms with Gasteiger partial charge in [-0.05, 0) is 42.5 Å². The van der Waals surface area contributed by atoms with Gasteiger partial charge in [0, 0.05) is 35.1 Å². The first-order valence-electron chi connectivity index (χ1n) is 11.5. The van der Waals surface area contributed by atoms with Gasteiger partial charge in [-0.15, -0.1) is 0 Å². The van der Waals surface area contributed by atoms with E-state index >= 15 is 8.78 Å². The number of hydrogen-bond donors (Lipinski definition) is 2. The van der Waals surface area contributed by atoms with Gasteiger partial charge in [0.05, 0.1) is 20.8 Å². The Morgan fingerprint density at radius 1 is 0.950 bits per heavy atom. The number of benzene rings is 3. The van der Waals surface area contributed by atoms with Crippen LogP contribution < -0.4 is 24.8 Å². The summed E-state index contributed by atoms with van der Waals surface area (Å²) < 4.78 is 96.9. The van der Waals surface area contributed by atoms with Crippen LogP contribution in [0.3, 0.4) is 0 Å². The number of aromatic nitrogens is 2. The molecule has 1 aromatic heterocycles. The fraction of sp³-hybridized carbons (Fsp3) is 0.154. The number of rotatable bonds is 10. The molecule has 14 heteroatoms. The minimum atomic E-state index is -4.93. The lowest BCUT2D eigenvalue weighted by atomic mass is 10.1. The van der Waals surface area contributed by atoms with Crippen molar-refractivity contribution in [3.63, 3.8) is 0 Å². The van der Waals surface area contributed by atoms with E-state index in [0.29, 0.717) is 27.8 Å². The molecule has 4 rings (SSSR count). The van der Waals surface area contributed by atoms with Crippen molar-refractivity contribution in [1.29, 1.82) is 0 Å². The van der Waals surface area contributed by atoms with Crippen molar-refractivity contribution in [3.8, 4) is 11.5 Å². The van der Waals surface area contributed by atoms with Crippen molar-refractivity contribution >= 4 is 21.5 Å². The molecule has 0 aliphatic heterocycles. The normalized spacial score (nSPS) is 12.1. The number of anilines is 2. The van der Waals surface area contributed by atoms with Crippen LogP contribution in [0.15, 0.2) is 72.0 Å². The Morgan fingerprint density at radius 2 is 1.68 bits per heavy atom. The van der Waals surface area contributed by atoms with Crippen LogP contribution in [0.4, 0.5) is 29.1 Å². The van der Waals surface area contributed by atoms with Crippen molar-refractivity contribution in [3.05, 3.63) is 102 Å². The molecule has 0 saturated carbocycles. The molecule has 0 saturated heterocycles. The van der Waals surface area contributed by atoms with E-state index in [2.05, 4.69) is 15.3 Å². The molecule has 4 aromatic rings. The maximum absolute atomic E-state index is 15.3. The van der Waals surface area contributed by atoms with Crippen LogP contribution in [-0.4, -0.2) is 32.6 Å². The molecule has 0 bridgehead atoms. The highest BCUT2D eigenvalue weighted by molar-refractivity contribution is 7.92. The molecule has 210 valence electrons. The van der Waals surface area contributed by atoms with Gasteiger partial charge in [-0.3, -0.25) is 0 Å². The molecule has 0 fully saturated rings. The molecule has 0 aliphatic rings. The molecule has 1 atom stereocenters. The van der Waals surface area contributed by atoms with Crippen molar-refractivity contribution in [2.24, 2.45) is 5.73 Å². The Hall–Kier alpha value is -4.43. The maximum Gasteiger partial charge on any atom is 0.271 e. The predicted molar refractivity (Wildman–Crippen MR) is 138 cm³/mol. The third kappa shape index (κ3) is 5.92. The van der Waals surface area contributed by atoms with E-state index in [1.165, 1.54) is 38.6 Å². The van der Waals surface area contributed by atoms with Gasteiger partial charge in [-0.2, -0.15) is 0 Å². The van der Waals surface area contributed by atoms with Gasteiger partial charge in [0.15, 0.2) is 4.90 Å². The summed E-state index contributed by atoms with van der Waals surface area (Å²) in [5.74, 6) is -4.02. The van der Waals surface area contributed by atoms with Gasteiger partial charge >= 0.3 is 0 Å². The number of halogens is 4. The predicted octanol–water partition coefficient (Wildman–Crippen LogP) is 4.52. The first kappa shape index (κ1) is 28.6. The van der Waals surface area contributed by atoms with E-state index in [9.17, 15) is 17.2 Å². The lowest BCUT2D eigenvalue weighted by Crippen LogP contribution is -2.33. The number of nitrogens with one attached hydrogen (secondary N) is 1. The van der Waals surface area contributed by atoms with Gasteiger partial charge in [-0.25, -0.2) is 40.3 Å². The summed E-state index contributed by atoms with van der Waals surface area (Å²) >= 11 is 0. The van der Waals surface area contributed by atoms with E-state index in [4.69, 9.17) is 15.2 Å². The Kier molecular flexibility index (Phi) is 8.40. The summed E-state index contributed by atoms with van der Waals surface area (Å²) in [6.45, 7) is -0.422. The standard InChI is InChI=1S/C26H23F4N5O4S/c1-38-18-5-3-15(23(12-18)39-2)13-35(24-7-8-32-14-33-24)40(36,37)25-21(29)10-17(11-22(25)30)34-26(31)19-9-16(27)4-6-20(19)28/h3-12,14,26,34H,13,31H2,1-2H3/t26-/m1/s1. The molecule has 0 aliphatic carbocycles. The van der Waals surface area contributed by atoms with Crippen LogP contribution in [0, 0.1) is 23.3 Å². The molecule has 0 spiro atoms. The van der Waals surface area contributed by atoms with Gasteiger partial charge in [-0.1, -0.05) is 0 Å². The number of sulfonamides is 1. The summed E-state index contributed by atoms with van der Waals surface area (Å²) in [6, 6.07) is 9.79. The van der Waals surface area contributed by atoms with Crippen LogP contribution in [0.1, 0.15) is 17.3 Å². The Labute approximate surface area is 227 Å². The molecular weight excluding hydrogens is 554 g/mol. The third-order valence-electron chi connectivity index (χ3n) is 5.79. The highest BCUT2D eigenvalue weighted by Gasteiger charge is 2.33. The quantitative estimate of drug-likeness (QED) is 0.209. The van der Waals surface area contributed by atoms with E-state index in [-0.39, 0.29) is 22.8 Å². The molecule has 3 N–H and O–H groups in total. The van der Waals surface area contributed by atoms with Gasteiger partial charge in [0.25, 0.3) is 10.0 Å². The molecule has 9 nitrogen and oxygen atoms in total. The van der Waals surface area contributed by atoms with E-state index < -0.39 is 50.9 Å². The molecular formula is C26H23F4N5O4S. The summed E-state index contributed by atoms with van der Waals surface area (Å²) in [5.41, 5.74) is 5.58. The minimum Gasteiger partial charge on any atom is -0.497 e. The topological polar surface area (TPSA) is 120 Å². The average Bonchev–Trinajstić information content (AvgIpc) is 2.92. The highest BCUT2D eigenvalue weighted by Crippen LogP contribution is 2.33. The van der Waals surface area contributed by atoms with Crippen LogP contribution >= 0.6 is 0 Å². The highest BCUT2D eigenvalue weighted by atomic mass is 32.2. The smallest absolute Gasteiger partial charge is 0.271 e. The van der Waals surface area contributed by atoms with Crippen molar-refractivity contribution in [2.75, 3.05) is 23.8 Å². The SMILES string of the molecule is COc1ccc(CN(c2ccncn2)S(=O)(=O)c2c(F)cc(N[C@@H](N)c3cc(F)ccc3F)cc2F)c(OC)c1. The fourth-order valence-electron chi connectivity index (χ4n) is 3.87. The summed E-state index contributed by atoms with van der Waals surface area (Å²) in [4.78, 5) is 6.45. The zero-order chi connectivity index (χ0) is 29.0. The van der Waals surface area contributed by atoms with Gasteiger partial charge in [0.1, 0.15) is 53.1 Å². The number of ether oxygens (including phenoxy) is 2. The molecule has 0 unspecified atom stereocenters. The number of nitrogens with zero attached hydrogens (tertiary/aromatic N) is 3. The van der Waals surface area contributed by atoms with Gasteiger partial charge in [0.2, 0.25) is 0 Å². The fourth-order valence-corrected chi connectivity index (χ4v) is 5.36. The first-order chi connectivity index (χ1) is 19.0. The van der Waals surface area contributed by atoms with Crippen molar-refractivity contribution < 1.29 is 35.5 Å². The van der Waals surface area contributed by atoms with Crippen molar-refractivity contribution in [2.45, 2.75) is 17.6 Å². The Balaban J connectivity index is 1.73. The Morgan fingerprint density at radius 3 is 2.30 bits per heavy atom. The number of methoxy groups -OCH3 is 2. The summed E-state index contributed by atoms with van der Waals surface area (Å²) in [6.07, 6.45) is 0.940. The largest absolute Gasteiger partial charge is 0.497 e. The lowest BCUT2D eigenvalue weighted by Gasteiger charge is -2.25. The van der Waals surface area contributed by atoms with Crippen LogP contribution in [0.5, 0.6) is 11.5 Å². The van der Waals surface area contributed by atoms with E-state index in [1.807, 2.05) is 0 Å². The zero-order valence-electron chi connectivity index (χ0n) is 21.1. The second kappa shape index (κ2) is 11.8. The van der Waals surface area contributed by atoms with Crippen LogP contribution in [0.2, 0.25) is 0 Å². The minimum absolute atomic E-state index is 0.169.